The topological polar surface area (TPSA) is 67.8 Å². The molecule has 0 amide bonds. The van der Waals surface area contributed by atoms with Gasteiger partial charge in [0.25, 0.3) is 0 Å². The summed E-state index contributed by atoms with van der Waals surface area (Å²) in [5.74, 6) is 0. The van der Waals surface area contributed by atoms with Crippen molar-refractivity contribution in [2.24, 2.45) is 11.5 Å². The summed E-state index contributed by atoms with van der Waals surface area (Å²) in [6.07, 6.45) is 0. The van der Waals surface area contributed by atoms with E-state index in [0.29, 0.717) is 13.1 Å². The summed E-state index contributed by atoms with van der Waals surface area (Å²) >= 11 is 0. The molecule has 0 aromatic carbocycles. The minimum atomic E-state index is 0.711. The Kier molecular flexibility index (Phi) is 6.87. The van der Waals surface area contributed by atoms with Crippen LogP contribution >= 0.6 is 0 Å². The molecule has 0 bridgehead atoms. The van der Waals surface area contributed by atoms with Crippen molar-refractivity contribution in [3.05, 3.63) is 0 Å². The Morgan fingerprint density at radius 2 is 1.60 bits per heavy atom. The van der Waals surface area contributed by atoms with Crippen molar-refractivity contribution in [1.82, 2.24) is 9.80 Å². The number of ether oxygens (including phenoxy) is 1. The van der Waals surface area contributed by atoms with Crippen molar-refractivity contribution in [2.45, 2.75) is 0 Å². The van der Waals surface area contributed by atoms with Gasteiger partial charge in [0.1, 0.15) is 0 Å². The number of nitrogens with zero attached hydrogens (tertiary/aromatic N) is 2. The highest BCUT2D eigenvalue weighted by molar-refractivity contribution is 4.66. The van der Waals surface area contributed by atoms with E-state index in [2.05, 4.69) is 9.80 Å². The quantitative estimate of drug-likeness (QED) is 0.544. The minimum Gasteiger partial charge on any atom is -0.379 e. The Hall–Kier alpha value is -0.200. The molecule has 0 aromatic rings. The van der Waals surface area contributed by atoms with Crippen LogP contribution in [0.5, 0.6) is 0 Å². The molecule has 90 valence electrons. The summed E-state index contributed by atoms with van der Waals surface area (Å²) in [7, 11) is 0. The molecular weight excluding hydrogens is 192 g/mol. The van der Waals surface area contributed by atoms with Crippen LogP contribution in [-0.4, -0.2) is 75.4 Å². The third kappa shape index (κ3) is 5.44. The summed E-state index contributed by atoms with van der Waals surface area (Å²) in [6, 6.07) is 0. The van der Waals surface area contributed by atoms with Gasteiger partial charge in [0.2, 0.25) is 0 Å². The molecule has 0 aliphatic carbocycles. The van der Waals surface area contributed by atoms with Crippen LogP contribution in [0.4, 0.5) is 0 Å². The van der Waals surface area contributed by atoms with Crippen LogP contribution in [0.2, 0.25) is 0 Å². The first-order valence-corrected chi connectivity index (χ1v) is 5.79. The van der Waals surface area contributed by atoms with Gasteiger partial charge in [-0.05, 0) is 0 Å². The number of hydrogen-bond acceptors (Lipinski definition) is 5. The van der Waals surface area contributed by atoms with E-state index in [-0.39, 0.29) is 0 Å². The predicted octanol–water partition coefficient (Wildman–Crippen LogP) is -1.46. The number of hydrogen-bond donors (Lipinski definition) is 2. The number of rotatable bonds is 7. The van der Waals surface area contributed by atoms with Gasteiger partial charge in [-0.25, -0.2) is 0 Å². The number of morpholine rings is 1. The average molecular weight is 216 g/mol. The smallest absolute Gasteiger partial charge is 0.0594 e. The monoisotopic (exact) mass is 216 g/mol. The van der Waals surface area contributed by atoms with E-state index in [1.165, 1.54) is 0 Å². The van der Waals surface area contributed by atoms with Gasteiger partial charge in [0.15, 0.2) is 0 Å². The lowest BCUT2D eigenvalue weighted by atomic mass is 10.3. The predicted molar refractivity (Wildman–Crippen MR) is 61.8 cm³/mol. The molecule has 5 nitrogen and oxygen atoms in total. The van der Waals surface area contributed by atoms with Crippen LogP contribution in [0.1, 0.15) is 0 Å². The molecule has 0 radical (unpaired) electrons. The highest BCUT2D eigenvalue weighted by atomic mass is 16.5. The Labute approximate surface area is 92.3 Å². The Morgan fingerprint density at radius 1 is 1.00 bits per heavy atom. The van der Waals surface area contributed by atoms with E-state index >= 15 is 0 Å². The first-order valence-electron chi connectivity index (χ1n) is 5.79. The van der Waals surface area contributed by atoms with E-state index in [1.54, 1.807) is 0 Å². The fourth-order valence-corrected chi connectivity index (χ4v) is 1.81. The molecular formula is C10H24N4O. The van der Waals surface area contributed by atoms with Crippen molar-refractivity contribution in [3.8, 4) is 0 Å². The Morgan fingerprint density at radius 3 is 2.13 bits per heavy atom. The highest BCUT2D eigenvalue weighted by Crippen LogP contribution is 1.97. The van der Waals surface area contributed by atoms with E-state index in [1.807, 2.05) is 0 Å². The molecule has 1 heterocycles. The van der Waals surface area contributed by atoms with E-state index < -0.39 is 0 Å². The summed E-state index contributed by atoms with van der Waals surface area (Å²) in [5.41, 5.74) is 11.1. The molecule has 0 spiro atoms. The molecule has 1 rings (SSSR count). The normalized spacial score (nSPS) is 18.6. The zero-order valence-corrected chi connectivity index (χ0v) is 9.53. The molecule has 15 heavy (non-hydrogen) atoms. The van der Waals surface area contributed by atoms with Crippen LogP contribution in [-0.2, 0) is 4.74 Å². The molecule has 1 aliphatic rings. The second-order valence-corrected chi connectivity index (χ2v) is 3.87. The molecule has 1 aliphatic heterocycles. The Bertz CT molecular complexity index is 144. The molecule has 5 heteroatoms. The first kappa shape index (κ1) is 12.9. The van der Waals surface area contributed by atoms with Crippen LogP contribution in [0, 0.1) is 0 Å². The van der Waals surface area contributed by atoms with Crippen molar-refractivity contribution in [3.63, 3.8) is 0 Å². The van der Waals surface area contributed by atoms with Gasteiger partial charge in [-0.15, -0.1) is 0 Å². The fourth-order valence-electron chi connectivity index (χ4n) is 1.81. The van der Waals surface area contributed by atoms with Gasteiger partial charge >= 0.3 is 0 Å². The van der Waals surface area contributed by atoms with E-state index in [0.717, 1.165) is 52.5 Å². The Balaban J connectivity index is 2.13. The molecule has 4 N–H and O–H groups in total. The second kappa shape index (κ2) is 8.01. The van der Waals surface area contributed by atoms with E-state index in [9.17, 15) is 0 Å². The molecule has 1 saturated heterocycles. The minimum absolute atomic E-state index is 0.711. The summed E-state index contributed by atoms with van der Waals surface area (Å²) in [6.45, 7) is 9.33. The van der Waals surface area contributed by atoms with Crippen molar-refractivity contribution >= 4 is 0 Å². The van der Waals surface area contributed by atoms with Crippen LogP contribution in [0.3, 0.4) is 0 Å². The molecule has 0 unspecified atom stereocenters. The SMILES string of the molecule is NCCN(CCN)CCN1CCOCC1. The maximum Gasteiger partial charge on any atom is 0.0594 e. The maximum absolute atomic E-state index is 5.55. The lowest BCUT2D eigenvalue weighted by Crippen LogP contribution is -2.43. The van der Waals surface area contributed by atoms with Crippen LogP contribution < -0.4 is 11.5 Å². The number of nitrogens with two attached hydrogens (primary N) is 2. The zero-order valence-electron chi connectivity index (χ0n) is 9.53. The molecule has 0 atom stereocenters. The maximum atomic E-state index is 5.55. The summed E-state index contributed by atoms with van der Waals surface area (Å²) in [4.78, 5) is 4.76. The summed E-state index contributed by atoms with van der Waals surface area (Å²) in [5, 5.41) is 0. The van der Waals surface area contributed by atoms with Crippen molar-refractivity contribution in [1.29, 1.82) is 0 Å². The zero-order chi connectivity index (χ0) is 10.9. The highest BCUT2D eigenvalue weighted by Gasteiger charge is 2.11. The van der Waals surface area contributed by atoms with Gasteiger partial charge in [0, 0.05) is 52.4 Å². The van der Waals surface area contributed by atoms with Crippen molar-refractivity contribution in [2.75, 3.05) is 65.6 Å². The second-order valence-electron chi connectivity index (χ2n) is 3.87. The van der Waals surface area contributed by atoms with Gasteiger partial charge in [-0.1, -0.05) is 0 Å². The van der Waals surface area contributed by atoms with E-state index in [4.69, 9.17) is 16.2 Å². The van der Waals surface area contributed by atoms with Gasteiger partial charge < -0.3 is 16.2 Å². The first-order chi connectivity index (χ1) is 7.36. The molecule has 0 saturated carbocycles. The summed E-state index contributed by atoms with van der Waals surface area (Å²) < 4.78 is 5.31. The van der Waals surface area contributed by atoms with Gasteiger partial charge in [0.05, 0.1) is 13.2 Å². The lowest BCUT2D eigenvalue weighted by molar-refractivity contribution is 0.0336. The third-order valence-corrected chi connectivity index (χ3v) is 2.73. The molecule has 0 aromatic heterocycles. The van der Waals surface area contributed by atoms with Crippen molar-refractivity contribution < 1.29 is 4.74 Å². The van der Waals surface area contributed by atoms with Gasteiger partial charge in [-0.2, -0.15) is 0 Å². The average Bonchev–Trinajstić information content (AvgIpc) is 2.28. The fraction of sp³-hybridized carbons (Fsp3) is 1.00. The van der Waals surface area contributed by atoms with Crippen LogP contribution in [0.15, 0.2) is 0 Å². The third-order valence-electron chi connectivity index (χ3n) is 2.73. The van der Waals surface area contributed by atoms with Crippen LogP contribution in [0.25, 0.3) is 0 Å². The standard InChI is InChI=1S/C10H24N4O/c11-1-3-13(4-2-12)5-6-14-7-9-15-10-8-14/h1-12H2. The van der Waals surface area contributed by atoms with Gasteiger partial charge in [-0.3, -0.25) is 9.80 Å². The lowest BCUT2D eigenvalue weighted by Gasteiger charge is -2.29. The largest absolute Gasteiger partial charge is 0.379 e. The molecule has 1 fully saturated rings.